The molecule has 4 nitrogen and oxygen atoms in total. The number of alkyl halides is 3. The van der Waals surface area contributed by atoms with E-state index in [0.29, 0.717) is 37.9 Å². The Hall–Kier alpha value is -1.87. The summed E-state index contributed by atoms with van der Waals surface area (Å²) in [4.78, 5) is 2.16. The number of halogens is 6. The molecular formula is C22H22Cl2F4N2O2. The number of benzene rings is 2. The van der Waals surface area contributed by atoms with E-state index < -0.39 is 17.3 Å². The Morgan fingerprint density at radius 1 is 1.12 bits per heavy atom. The molecule has 32 heavy (non-hydrogen) atoms. The average Bonchev–Trinajstić information content (AvgIpc) is 3.11. The summed E-state index contributed by atoms with van der Waals surface area (Å²) in [6, 6.07) is 7.94. The summed E-state index contributed by atoms with van der Waals surface area (Å²) < 4.78 is 57.9. The lowest BCUT2D eigenvalue weighted by molar-refractivity contribution is -0.137. The maximum atomic E-state index is 13.2. The second-order valence-corrected chi connectivity index (χ2v) is 8.35. The van der Waals surface area contributed by atoms with E-state index in [0.717, 1.165) is 30.1 Å². The maximum absolute atomic E-state index is 13.2. The molecule has 2 aromatic carbocycles. The van der Waals surface area contributed by atoms with Crippen LogP contribution in [0.2, 0.25) is 5.02 Å². The van der Waals surface area contributed by atoms with Crippen molar-refractivity contribution in [1.82, 2.24) is 10.1 Å². The van der Waals surface area contributed by atoms with Crippen LogP contribution < -0.4 is 0 Å². The maximum Gasteiger partial charge on any atom is 0.417 e. The number of hydrogen-bond acceptors (Lipinski definition) is 4. The molecule has 0 saturated carbocycles. The summed E-state index contributed by atoms with van der Waals surface area (Å²) in [6.45, 7) is 1.87. The van der Waals surface area contributed by atoms with Crippen LogP contribution >= 0.6 is 24.0 Å². The van der Waals surface area contributed by atoms with E-state index in [2.05, 4.69) is 10.1 Å². The van der Waals surface area contributed by atoms with Gasteiger partial charge in [0.25, 0.3) is 0 Å². The quantitative estimate of drug-likeness (QED) is 0.445. The number of aliphatic hydroxyl groups is 1. The number of likely N-dealkylation sites (tertiary alicyclic amines) is 1. The highest BCUT2D eigenvalue weighted by atomic mass is 35.5. The van der Waals surface area contributed by atoms with E-state index in [1.165, 1.54) is 24.3 Å². The predicted octanol–water partition coefficient (Wildman–Crippen LogP) is 5.98. The van der Waals surface area contributed by atoms with Crippen molar-refractivity contribution in [1.29, 1.82) is 0 Å². The molecule has 3 aromatic rings. The number of fused-ring (bicyclic) bond motifs is 1. The van der Waals surface area contributed by atoms with Crippen molar-refractivity contribution < 1.29 is 27.2 Å². The average molecular weight is 493 g/mol. The first kappa shape index (κ1) is 24.8. The molecule has 0 radical (unpaired) electrons. The molecule has 1 aliphatic heterocycles. The molecule has 0 bridgehead atoms. The van der Waals surface area contributed by atoms with Gasteiger partial charge in [0.15, 0.2) is 5.58 Å². The first-order valence-corrected chi connectivity index (χ1v) is 10.4. The minimum atomic E-state index is -4.57. The zero-order valence-corrected chi connectivity index (χ0v) is 18.5. The highest BCUT2D eigenvalue weighted by Gasteiger charge is 2.38. The van der Waals surface area contributed by atoms with Crippen LogP contribution in [0.4, 0.5) is 17.6 Å². The van der Waals surface area contributed by atoms with Gasteiger partial charge >= 0.3 is 6.18 Å². The van der Waals surface area contributed by atoms with Crippen molar-refractivity contribution in [2.45, 2.75) is 37.5 Å². The van der Waals surface area contributed by atoms with Crippen molar-refractivity contribution >= 4 is 35.0 Å². The van der Waals surface area contributed by atoms with Gasteiger partial charge in [0.05, 0.1) is 21.9 Å². The Bertz CT molecular complexity index is 1080. The van der Waals surface area contributed by atoms with Gasteiger partial charge in [0.1, 0.15) is 5.82 Å². The Morgan fingerprint density at radius 3 is 2.53 bits per heavy atom. The number of aromatic nitrogens is 1. The van der Waals surface area contributed by atoms with Crippen LogP contribution in [0.15, 0.2) is 40.9 Å². The fourth-order valence-corrected chi connectivity index (χ4v) is 4.31. The van der Waals surface area contributed by atoms with E-state index in [9.17, 15) is 22.7 Å². The highest BCUT2D eigenvalue weighted by molar-refractivity contribution is 6.31. The van der Waals surface area contributed by atoms with Crippen LogP contribution in [-0.4, -0.2) is 34.8 Å². The van der Waals surface area contributed by atoms with Crippen molar-refractivity contribution in [3.8, 4) is 0 Å². The zero-order chi connectivity index (χ0) is 22.2. The lowest BCUT2D eigenvalue weighted by atomic mass is 9.83. The molecule has 1 aromatic heterocycles. The Kier molecular flexibility index (Phi) is 7.39. The topological polar surface area (TPSA) is 49.5 Å². The van der Waals surface area contributed by atoms with Gasteiger partial charge in [-0.1, -0.05) is 22.8 Å². The van der Waals surface area contributed by atoms with E-state index in [1.807, 2.05) is 0 Å². The standard InChI is InChI=1S/C22H21ClF4N2O2.ClH/c23-18-6-3-14(12-17(18)22(25,26)27)21(30)7-10-29(11-8-21)9-1-2-19-16-5-4-15(24)13-20(16)31-28-19;/h3-6,12-13,30H,1-2,7-11H2;1H. The molecule has 0 unspecified atom stereocenters. The summed E-state index contributed by atoms with van der Waals surface area (Å²) in [7, 11) is 0. The number of hydrogen-bond donors (Lipinski definition) is 1. The van der Waals surface area contributed by atoms with Crippen LogP contribution in [0.5, 0.6) is 0 Å². The number of rotatable bonds is 5. The van der Waals surface area contributed by atoms with Gasteiger partial charge in [-0.05, 0) is 62.1 Å². The zero-order valence-electron chi connectivity index (χ0n) is 17.0. The molecular weight excluding hydrogens is 471 g/mol. The molecule has 0 amide bonds. The lowest BCUT2D eigenvalue weighted by Gasteiger charge is -2.38. The lowest BCUT2D eigenvalue weighted by Crippen LogP contribution is -2.43. The Balaban J connectivity index is 0.00000289. The number of piperidine rings is 1. The molecule has 0 spiro atoms. The van der Waals surface area contributed by atoms with Gasteiger partial charge in [0.2, 0.25) is 0 Å². The van der Waals surface area contributed by atoms with Gasteiger partial charge in [-0.15, -0.1) is 12.4 Å². The van der Waals surface area contributed by atoms with Crippen LogP contribution in [-0.2, 0) is 18.2 Å². The summed E-state index contributed by atoms with van der Waals surface area (Å²) >= 11 is 5.69. The third kappa shape index (κ3) is 5.20. The third-order valence-corrected chi connectivity index (χ3v) is 6.22. The minimum absolute atomic E-state index is 0. The minimum Gasteiger partial charge on any atom is -0.385 e. The Labute approximate surface area is 193 Å². The second kappa shape index (κ2) is 9.55. The summed E-state index contributed by atoms with van der Waals surface area (Å²) in [5, 5.41) is 15.4. The highest BCUT2D eigenvalue weighted by Crippen LogP contribution is 2.40. The molecule has 0 aliphatic carbocycles. The van der Waals surface area contributed by atoms with Crippen LogP contribution in [0.3, 0.4) is 0 Å². The first-order chi connectivity index (χ1) is 14.7. The summed E-state index contributed by atoms with van der Waals surface area (Å²) in [5.41, 5.74) is -0.816. The van der Waals surface area contributed by atoms with Crippen LogP contribution in [0.1, 0.15) is 36.1 Å². The fraction of sp³-hybridized carbons (Fsp3) is 0.409. The van der Waals surface area contributed by atoms with Gasteiger partial charge in [-0.3, -0.25) is 0 Å². The van der Waals surface area contributed by atoms with Gasteiger partial charge in [-0.25, -0.2) is 4.39 Å². The van der Waals surface area contributed by atoms with E-state index in [4.69, 9.17) is 16.1 Å². The van der Waals surface area contributed by atoms with Crippen molar-refractivity contribution in [2.24, 2.45) is 0 Å². The molecule has 4 rings (SSSR count). The Morgan fingerprint density at radius 2 is 1.84 bits per heavy atom. The van der Waals surface area contributed by atoms with E-state index >= 15 is 0 Å². The monoisotopic (exact) mass is 492 g/mol. The van der Waals surface area contributed by atoms with Crippen molar-refractivity contribution in [3.05, 3.63) is 64.1 Å². The largest absolute Gasteiger partial charge is 0.417 e. The number of aryl methyl sites for hydroxylation is 1. The molecule has 174 valence electrons. The van der Waals surface area contributed by atoms with Gasteiger partial charge in [-0.2, -0.15) is 13.2 Å². The molecule has 0 atom stereocenters. The SMILES string of the molecule is Cl.OC1(c2ccc(Cl)c(C(F)(F)F)c2)CCN(CCCc2noc3cc(F)ccc23)CC1. The molecule has 1 N–H and O–H groups in total. The van der Waals surface area contributed by atoms with Gasteiger partial charge < -0.3 is 14.5 Å². The second-order valence-electron chi connectivity index (χ2n) is 7.94. The van der Waals surface area contributed by atoms with E-state index in [1.54, 1.807) is 6.07 Å². The fourth-order valence-electron chi connectivity index (χ4n) is 4.08. The van der Waals surface area contributed by atoms with Crippen molar-refractivity contribution in [3.63, 3.8) is 0 Å². The molecule has 10 heteroatoms. The van der Waals surface area contributed by atoms with Crippen molar-refractivity contribution in [2.75, 3.05) is 19.6 Å². The molecule has 2 heterocycles. The molecule has 1 fully saturated rings. The predicted molar refractivity (Wildman–Crippen MR) is 116 cm³/mol. The number of nitrogens with zero attached hydrogens (tertiary/aromatic N) is 2. The van der Waals surface area contributed by atoms with E-state index in [-0.39, 0.29) is 28.8 Å². The molecule has 1 aliphatic rings. The van der Waals surface area contributed by atoms with Crippen LogP contribution in [0, 0.1) is 5.82 Å². The van der Waals surface area contributed by atoms with Gasteiger partial charge in [0, 0.05) is 24.5 Å². The smallest absolute Gasteiger partial charge is 0.385 e. The molecule has 1 saturated heterocycles. The van der Waals surface area contributed by atoms with Crippen LogP contribution in [0.25, 0.3) is 11.0 Å². The summed E-state index contributed by atoms with van der Waals surface area (Å²) in [6.07, 6.45) is -2.46. The first-order valence-electron chi connectivity index (χ1n) is 10.0. The normalized spacial score (nSPS) is 16.8. The third-order valence-electron chi connectivity index (χ3n) is 5.89. The summed E-state index contributed by atoms with van der Waals surface area (Å²) in [5.74, 6) is -0.376.